The number of aromatic nitrogens is 2. The minimum atomic E-state index is -5.66. The van der Waals surface area contributed by atoms with Gasteiger partial charge >= 0.3 is 6.36 Å². The van der Waals surface area contributed by atoms with E-state index in [0.29, 0.717) is 0 Å². The minimum absolute atomic E-state index is 1.15. The van der Waals surface area contributed by atoms with Crippen molar-refractivity contribution in [1.29, 1.82) is 0 Å². The predicted octanol–water partition coefficient (Wildman–Crippen LogP) is 1.10. The SMILES string of the molecule is CCCCn1cc[n+](C)c1.O=S(=O)([O-])OC(F)(F)F. The molecule has 0 bridgehead atoms. The second-order valence-electron chi connectivity index (χ2n) is 3.61. The van der Waals surface area contributed by atoms with Gasteiger partial charge in [-0.1, -0.05) is 13.3 Å². The van der Waals surface area contributed by atoms with Crippen molar-refractivity contribution < 1.29 is 34.9 Å². The number of hydrogen-bond acceptors (Lipinski definition) is 4. The molecule has 0 aliphatic rings. The molecule has 0 aliphatic heterocycles. The highest BCUT2D eigenvalue weighted by Gasteiger charge is 2.32. The smallest absolute Gasteiger partial charge is 0.536 e. The third-order valence-corrected chi connectivity index (χ3v) is 2.18. The van der Waals surface area contributed by atoms with Crippen LogP contribution >= 0.6 is 0 Å². The van der Waals surface area contributed by atoms with E-state index in [4.69, 9.17) is 13.0 Å². The maximum atomic E-state index is 10.8. The van der Waals surface area contributed by atoms with Crippen LogP contribution in [0.25, 0.3) is 0 Å². The van der Waals surface area contributed by atoms with Crippen LogP contribution in [0, 0.1) is 0 Å². The van der Waals surface area contributed by atoms with Gasteiger partial charge in [0, 0.05) is 0 Å². The highest BCUT2D eigenvalue weighted by atomic mass is 32.3. The first kappa shape index (κ1) is 17.9. The van der Waals surface area contributed by atoms with Gasteiger partial charge in [0.05, 0.1) is 13.6 Å². The molecule has 0 amide bonds. The summed E-state index contributed by atoms with van der Waals surface area (Å²) >= 11 is 0. The fraction of sp³-hybridized carbons (Fsp3) is 0.667. The highest BCUT2D eigenvalue weighted by molar-refractivity contribution is 7.80. The van der Waals surface area contributed by atoms with E-state index < -0.39 is 16.8 Å². The third-order valence-electron chi connectivity index (χ3n) is 1.79. The zero-order valence-electron chi connectivity index (χ0n) is 10.4. The summed E-state index contributed by atoms with van der Waals surface area (Å²) in [5.41, 5.74) is 0. The average molecular weight is 304 g/mol. The molecule has 6 nitrogen and oxygen atoms in total. The zero-order chi connectivity index (χ0) is 15.1. The maximum Gasteiger partial charge on any atom is 0.536 e. The number of hydrogen-bond donors (Lipinski definition) is 0. The lowest BCUT2D eigenvalue weighted by molar-refractivity contribution is -0.671. The Morgan fingerprint density at radius 2 is 2.00 bits per heavy atom. The topological polar surface area (TPSA) is 75.2 Å². The maximum absolute atomic E-state index is 10.8. The molecule has 0 fully saturated rings. The first-order valence-electron chi connectivity index (χ1n) is 5.27. The van der Waals surface area contributed by atoms with Crippen LogP contribution in [-0.4, -0.2) is 23.9 Å². The van der Waals surface area contributed by atoms with Crippen molar-refractivity contribution in [3.05, 3.63) is 18.7 Å². The Morgan fingerprint density at radius 1 is 1.42 bits per heavy atom. The summed E-state index contributed by atoms with van der Waals surface area (Å²) in [4.78, 5) is 0. The van der Waals surface area contributed by atoms with Crippen LogP contribution in [0.5, 0.6) is 0 Å². The van der Waals surface area contributed by atoms with Crippen LogP contribution in [0.15, 0.2) is 18.7 Å². The van der Waals surface area contributed by atoms with Gasteiger partial charge < -0.3 is 4.55 Å². The largest absolute Gasteiger partial charge is 0.725 e. The van der Waals surface area contributed by atoms with E-state index in [0.717, 1.165) is 6.54 Å². The Labute approximate surface area is 109 Å². The van der Waals surface area contributed by atoms with Crippen LogP contribution in [0.4, 0.5) is 13.2 Å². The van der Waals surface area contributed by atoms with Gasteiger partial charge in [0.1, 0.15) is 12.4 Å². The Bertz CT molecular complexity index is 470. The first-order chi connectivity index (χ1) is 8.53. The van der Waals surface area contributed by atoms with Gasteiger partial charge in [0.15, 0.2) is 0 Å². The molecule has 1 aromatic heterocycles. The van der Waals surface area contributed by atoms with Crippen molar-refractivity contribution in [1.82, 2.24) is 4.57 Å². The molecule has 19 heavy (non-hydrogen) atoms. The van der Waals surface area contributed by atoms with Gasteiger partial charge in [-0.15, -0.1) is 13.2 Å². The standard InChI is InChI=1S/C8H15N2.CHF3O4S/c1-3-4-5-10-7-6-9(2)8-10;2-1(3,4)8-9(5,6)7/h6-8H,3-5H2,1-2H3;(H,5,6,7)/q+1;/p-1. The summed E-state index contributed by atoms with van der Waals surface area (Å²) < 4.78 is 66.0. The summed E-state index contributed by atoms with van der Waals surface area (Å²) in [7, 11) is -3.61. The molecule has 112 valence electrons. The molecule has 0 radical (unpaired) electrons. The minimum Gasteiger partial charge on any atom is -0.725 e. The average Bonchev–Trinajstić information content (AvgIpc) is 2.56. The number of rotatable bonds is 4. The fourth-order valence-electron chi connectivity index (χ4n) is 1.09. The molecule has 0 unspecified atom stereocenters. The molecule has 0 aromatic carbocycles. The number of halogens is 3. The molecule has 1 heterocycles. The molecule has 0 N–H and O–H groups in total. The first-order valence-corrected chi connectivity index (χ1v) is 6.61. The lowest BCUT2D eigenvalue weighted by Crippen LogP contribution is -2.23. The van der Waals surface area contributed by atoms with Crippen LogP contribution in [-0.2, 0) is 28.2 Å². The molecule has 0 aliphatic carbocycles. The van der Waals surface area contributed by atoms with E-state index in [1.807, 2.05) is 11.2 Å². The molecule has 0 saturated carbocycles. The number of aryl methyl sites for hydroxylation is 2. The third kappa shape index (κ3) is 11.7. The van der Waals surface area contributed by atoms with E-state index in [9.17, 15) is 13.2 Å². The molecule has 0 saturated heterocycles. The van der Waals surface area contributed by atoms with Gasteiger partial charge in [0.2, 0.25) is 16.7 Å². The van der Waals surface area contributed by atoms with E-state index in [1.54, 1.807) is 0 Å². The number of nitrogens with zero attached hydrogens (tertiary/aromatic N) is 2. The normalized spacial score (nSPS) is 11.9. The van der Waals surface area contributed by atoms with Crippen molar-refractivity contribution in [3.8, 4) is 0 Å². The second kappa shape index (κ2) is 7.46. The summed E-state index contributed by atoms with van der Waals surface area (Å²) in [6.45, 7) is 3.36. The number of unbranched alkanes of at least 4 members (excludes halogenated alkanes) is 1. The van der Waals surface area contributed by atoms with Crippen molar-refractivity contribution >= 4 is 10.4 Å². The van der Waals surface area contributed by atoms with Crippen LogP contribution < -0.4 is 4.57 Å². The Kier molecular flexibility index (Phi) is 7.01. The van der Waals surface area contributed by atoms with Crippen LogP contribution in [0.1, 0.15) is 19.8 Å². The quantitative estimate of drug-likeness (QED) is 0.474. The molecule has 0 spiro atoms. The fourth-order valence-corrected chi connectivity index (χ4v) is 1.32. The van der Waals surface area contributed by atoms with Crippen molar-refractivity contribution in [2.75, 3.05) is 0 Å². The monoisotopic (exact) mass is 304 g/mol. The number of imidazole rings is 1. The van der Waals surface area contributed by atoms with Gasteiger partial charge in [-0.2, -0.15) is 4.18 Å². The van der Waals surface area contributed by atoms with Gasteiger partial charge in [0.25, 0.3) is 0 Å². The summed E-state index contributed by atoms with van der Waals surface area (Å²) in [6, 6.07) is 0. The Balaban J connectivity index is 0.000000344. The Hall–Kier alpha value is -1.13. The molecular formula is C9H15F3N2O4S. The van der Waals surface area contributed by atoms with E-state index in [2.05, 4.69) is 34.8 Å². The second-order valence-corrected chi connectivity index (χ2v) is 4.59. The summed E-state index contributed by atoms with van der Waals surface area (Å²) in [5, 5.41) is 0. The molecule has 1 rings (SSSR count). The van der Waals surface area contributed by atoms with Crippen LogP contribution in [0.3, 0.4) is 0 Å². The van der Waals surface area contributed by atoms with E-state index in [1.165, 1.54) is 12.8 Å². The van der Waals surface area contributed by atoms with E-state index >= 15 is 0 Å². The van der Waals surface area contributed by atoms with Crippen LogP contribution in [0.2, 0.25) is 0 Å². The van der Waals surface area contributed by atoms with E-state index in [-0.39, 0.29) is 0 Å². The predicted molar refractivity (Wildman–Crippen MR) is 57.4 cm³/mol. The molecule has 1 aromatic rings. The van der Waals surface area contributed by atoms with Crippen molar-refractivity contribution in [2.45, 2.75) is 32.7 Å². The Morgan fingerprint density at radius 3 is 2.26 bits per heavy atom. The lowest BCUT2D eigenvalue weighted by atomic mass is 10.3. The molecule has 0 atom stereocenters. The lowest BCUT2D eigenvalue weighted by Gasteiger charge is -2.08. The zero-order valence-corrected chi connectivity index (χ0v) is 11.2. The highest BCUT2D eigenvalue weighted by Crippen LogP contribution is 2.17. The molecular weight excluding hydrogens is 289 g/mol. The summed E-state index contributed by atoms with van der Waals surface area (Å²) in [6.07, 6.45) is 3.40. The van der Waals surface area contributed by atoms with Gasteiger partial charge in [-0.05, 0) is 6.42 Å². The number of alkyl halides is 3. The molecule has 10 heteroatoms. The van der Waals surface area contributed by atoms with Gasteiger partial charge in [-0.3, -0.25) is 0 Å². The summed E-state index contributed by atoms with van der Waals surface area (Å²) in [5.74, 6) is 0. The van der Waals surface area contributed by atoms with Gasteiger partial charge in [-0.25, -0.2) is 17.6 Å². The van der Waals surface area contributed by atoms with Crippen molar-refractivity contribution in [2.24, 2.45) is 7.05 Å². The van der Waals surface area contributed by atoms with Crippen molar-refractivity contribution in [3.63, 3.8) is 0 Å².